The highest BCUT2D eigenvalue weighted by Crippen LogP contribution is 2.27. The van der Waals surface area contributed by atoms with Gasteiger partial charge in [0.15, 0.2) is 0 Å². The maximum Gasteiger partial charge on any atom is 0.252 e. The molecule has 0 saturated heterocycles. The maximum absolute atomic E-state index is 11.9. The van der Waals surface area contributed by atoms with Crippen LogP contribution in [0.4, 0.5) is 0 Å². The van der Waals surface area contributed by atoms with Crippen molar-refractivity contribution in [3.8, 4) is 0 Å². The number of amides is 1. The molecule has 1 amide bonds. The number of hydrogen-bond donors (Lipinski definition) is 1. The van der Waals surface area contributed by atoms with Gasteiger partial charge in [0.1, 0.15) is 5.15 Å². The number of carbonyl (C=O) groups excluding carboxylic acids is 1. The van der Waals surface area contributed by atoms with Gasteiger partial charge < -0.3 is 5.32 Å². The van der Waals surface area contributed by atoms with Crippen molar-refractivity contribution in [3.05, 3.63) is 28.0 Å². The lowest BCUT2D eigenvalue weighted by Gasteiger charge is -2.10. The second-order valence-corrected chi connectivity index (χ2v) is 5.48. The summed E-state index contributed by atoms with van der Waals surface area (Å²) in [5.41, 5.74) is 0.392. The van der Waals surface area contributed by atoms with Crippen LogP contribution in [0.15, 0.2) is 12.3 Å². The average molecular weight is 287 g/mol. The molecule has 5 heteroatoms. The molecule has 18 heavy (non-hydrogen) atoms. The van der Waals surface area contributed by atoms with Crippen molar-refractivity contribution in [2.24, 2.45) is 5.92 Å². The fourth-order valence-corrected chi connectivity index (χ4v) is 2.72. The second kappa shape index (κ2) is 6.39. The zero-order valence-corrected chi connectivity index (χ0v) is 11.6. The van der Waals surface area contributed by atoms with E-state index in [4.69, 9.17) is 23.2 Å². The number of nitrogens with one attached hydrogen (secondary N) is 1. The topological polar surface area (TPSA) is 42.0 Å². The van der Waals surface area contributed by atoms with Gasteiger partial charge in [0.25, 0.3) is 5.91 Å². The molecule has 0 aromatic carbocycles. The van der Waals surface area contributed by atoms with E-state index in [-0.39, 0.29) is 11.1 Å². The molecule has 1 aromatic heterocycles. The molecular weight excluding hydrogens is 271 g/mol. The van der Waals surface area contributed by atoms with Crippen LogP contribution in [0.3, 0.4) is 0 Å². The highest BCUT2D eigenvalue weighted by atomic mass is 35.5. The number of nitrogens with zero attached hydrogens (tertiary/aromatic N) is 1. The molecule has 1 N–H and O–H groups in total. The van der Waals surface area contributed by atoms with Gasteiger partial charge in [-0.25, -0.2) is 4.98 Å². The van der Waals surface area contributed by atoms with Gasteiger partial charge in [-0.3, -0.25) is 4.79 Å². The first kappa shape index (κ1) is 13.6. The predicted octanol–water partition coefficient (Wildman–Crippen LogP) is 3.70. The molecule has 0 spiro atoms. The zero-order chi connectivity index (χ0) is 13.0. The molecule has 1 aromatic rings. The van der Waals surface area contributed by atoms with Crippen molar-refractivity contribution in [1.82, 2.24) is 10.3 Å². The Morgan fingerprint density at radius 2 is 2.11 bits per heavy atom. The minimum absolute atomic E-state index is 0.178. The molecule has 98 valence electrons. The van der Waals surface area contributed by atoms with Gasteiger partial charge in [-0.15, -0.1) is 0 Å². The van der Waals surface area contributed by atoms with E-state index in [0.29, 0.717) is 17.1 Å². The van der Waals surface area contributed by atoms with Crippen LogP contribution in [0.1, 0.15) is 42.5 Å². The Morgan fingerprint density at radius 3 is 2.83 bits per heavy atom. The summed E-state index contributed by atoms with van der Waals surface area (Å²) in [6.45, 7) is 0.694. The zero-order valence-electron chi connectivity index (χ0n) is 10.1. The standard InChI is InChI=1S/C13H16Cl2N2O/c14-11-8-17-12(15)7-10(11)13(18)16-6-5-9-3-1-2-4-9/h7-9H,1-6H2,(H,16,18). The lowest BCUT2D eigenvalue weighted by molar-refractivity contribution is 0.0951. The third kappa shape index (κ3) is 3.59. The molecule has 0 bridgehead atoms. The van der Waals surface area contributed by atoms with E-state index in [2.05, 4.69) is 10.3 Å². The summed E-state index contributed by atoms with van der Waals surface area (Å²) in [6, 6.07) is 1.49. The SMILES string of the molecule is O=C(NCCC1CCCC1)c1cc(Cl)ncc1Cl. The van der Waals surface area contributed by atoms with E-state index >= 15 is 0 Å². The number of halogens is 2. The summed E-state index contributed by atoms with van der Waals surface area (Å²) in [5.74, 6) is 0.587. The predicted molar refractivity (Wildman–Crippen MR) is 73.2 cm³/mol. The van der Waals surface area contributed by atoms with Gasteiger partial charge in [-0.2, -0.15) is 0 Å². The van der Waals surface area contributed by atoms with E-state index in [0.717, 1.165) is 12.3 Å². The van der Waals surface area contributed by atoms with Crippen LogP contribution in [0.5, 0.6) is 0 Å². The van der Waals surface area contributed by atoms with Crippen LogP contribution in [-0.2, 0) is 0 Å². The van der Waals surface area contributed by atoms with Crippen molar-refractivity contribution >= 4 is 29.1 Å². The molecule has 1 aliphatic carbocycles. The van der Waals surface area contributed by atoms with E-state index in [1.54, 1.807) is 0 Å². The Kier molecular flexibility index (Phi) is 4.84. The molecule has 3 nitrogen and oxygen atoms in total. The van der Waals surface area contributed by atoms with Crippen LogP contribution in [-0.4, -0.2) is 17.4 Å². The average Bonchev–Trinajstić information content (AvgIpc) is 2.85. The fraction of sp³-hybridized carbons (Fsp3) is 0.538. The summed E-state index contributed by atoms with van der Waals surface area (Å²) in [4.78, 5) is 15.7. The van der Waals surface area contributed by atoms with E-state index in [1.807, 2.05) is 0 Å². The molecule has 1 saturated carbocycles. The Bertz CT molecular complexity index is 431. The largest absolute Gasteiger partial charge is 0.352 e. The van der Waals surface area contributed by atoms with Gasteiger partial charge in [-0.05, 0) is 18.4 Å². The summed E-state index contributed by atoms with van der Waals surface area (Å²) >= 11 is 11.7. The summed E-state index contributed by atoms with van der Waals surface area (Å²) < 4.78 is 0. The van der Waals surface area contributed by atoms with E-state index in [9.17, 15) is 4.79 Å². The van der Waals surface area contributed by atoms with Crippen molar-refractivity contribution in [3.63, 3.8) is 0 Å². The first-order valence-corrected chi connectivity index (χ1v) is 7.01. The van der Waals surface area contributed by atoms with Gasteiger partial charge in [-0.1, -0.05) is 48.9 Å². The van der Waals surface area contributed by atoms with Crippen molar-refractivity contribution in [1.29, 1.82) is 0 Å². The first-order chi connectivity index (χ1) is 8.66. The molecular formula is C13H16Cl2N2O. The third-order valence-electron chi connectivity index (χ3n) is 3.38. The van der Waals surface area contributed by atoms with Gasteiger partial charge >= 0.3 is 0 Å². The Morgan fingerprint density at radius 1 is 1.39 bits per heavy atom. The molecule has 2 rings (SSSR count). The molecule has 0 unspecified atom stereocenters. The highest BCUT2D eigenvalue weighted by molar-refractivity contribution is 6.35. The third-order valence-corrected chi connectivity index (χ3v) is 3.89. The number of pyridine rings is 1. The van der Waals surface area contributed by atoms with Gasteiger partial charge in [0.05, 0.1) is 10.6 Å². The minimum Gasteiger partial charge on any atom is -0.352 e. The van der Waals surface area contributed by atoms with Gasteiger partial charge in [0, 0.05) is 12.7 Å². The lowest BCUT2D eigenvalue weighted by Crippen LogP contribution is -2.26. The minimum atomic E-state index is -0.178. The molecule has 0 radical (unpaired) electrons. The lowest BCUT2D eigenvalue weighted by atomic mass is 10.0. The van der Waals surface area contributed by atoms with Crippen LogP contribution in [0, 0.1) is 5.92 Å². The summed E-state index contributed by atoms with van der Waals surface area (Å²) in [7, 11) is 0. The summed E-state index contributed by atoms with van der Waals surface area (Å²) in [5, 5.41) is 3.49. The van der Waals surface area contributed by atoms with Gasteiger partial charge in [0.2, 0.25) is 0 Å². The smallest absolute Gasteiger partial charge is 0.252 e. The fourth-order valence-electron chi connectivity index (χ4n) is 2.37. The first-order valence-electron chi connectivity index (χ1n) is 6.26. The number of rotatable bonds is 4. The quantitative estimate of drug-likeness (QED) is 0.858. The molecule has 0 atom stereocenters. The molecule has 1 fully saturated rings. The van der Waals surface area contributed by atoms with E-state index in [1.165, 1.54) is 37.9 Å². The number of carbonyl (C=O) groups is 1. The van der Waals surface area contributed by atoms with E-state index < -0.39 is 0 Å². The summed E-state index contributed by atoms with van der Waals surface area (Å²) in [6.07, 6.45) is 7.67. The normalized spacial score (nSPS) is 15.9. The van der Waals surface area contributed by atoms with Crippen LogP contribution in [0.25, 0.3) is 0 Å². The van der Waals surface area contributed by atoms with Crippen molar-refractivity contribution in [2.45, 2.75) is 32.1 Å². The Balaban J connectivity index is 1.85. The molecule has 1 aliphatic rings. The second-order valence-electron chi connectivity index (χ2n) is 4.68. The molecule has 1 heterocycles. The Labute approximate surface area is 117 Å². The monoisotopic (exact) mass is 286 g/mol. The number of aromatic nitrogens is 1. The van der Waals surface area contributed by atoms with Crippen molar-refractivity contribution < 1.29 is 4.79 Å². The van der Waals surface area contributed by atoms with Crippen LogP contribution < -0.4 is 5.32 Å². The van der Waals surface area contributed by atoms with Crippen molar-refractivity contribution in [2.75, 3.05) is 6.54 Å². The maximum atomic E-state index is 11.9. The van der Waals surface area contributed by atoms with Crippen LogP contribution >= 0.6 is 23.2 Å². The van der Waals surface area contributed by atoms with Crippen LogP contribution in [0.2, 0.25) is 10.2 Å². The highest BCUT2D eigenvalue weighted by Gasteiger charge is 2.16. The Hall–Kier alpha value is -0.800. The number of hydrogen-bond acceptors (Lipinski definition) is 2. The molecule has 0 aliphatic heterocycles.